The number of imidazole rings is 1. The Bertz CT molecular complexity index is 989. The molecule has 0 unspecified atom stereocenters. The fraction of sp³-hybridized carbons (Fsp3) is 0.0556. The molecular weight excluding hydrogens is 286 g/mol. The predicted octanol–water partition coefficient (Wildman–Crippen LogP) is 3.58. The fourth-order valence-corrected chi connectivity index (χ4v) is 2.56. The van der Waals surface area contributed by atoms with E-state index in [1.54, 1.807) is 6.20 Å². The molecule has 0 atom stereocenters. The number of nitrogen functional groups attached to an aromatic ring is 1. The van der Waals surface area contributed by atoms with Gasteiger partial charge in [0.2, 0.25) is 0 Å². The van der Waals surface area contributed by atoms with E-state index in [2.05, 4.69) is 26.0 Å². The van der Waals surface area contributed by atoms with E-state index in [-0.39, 0.29) is 0 Å². The molecule has 0 aliphatic heterocycles. The van der Waals surface area contributed by atoms with E-state index in [0.717, 1.165) is 22.3 Å². The summed E-state index contributed by atoms with van der Waals surface area (Å²) in [6.45, 7) is 2.05. The number of nitrogens with two attached hydrogens (primary N) is 1. The van der Waals surface area contributed by atoms with Crippen molar-refractivity contribution in [2.45, 2.75) is 6.92 Å². The molecule has 2 aromatic carbocycles. The van der Waals surface area contributed by atoms with E-state index < -0.39 is 0 Å². The summed E-state index contributed by atoms with van der Waals surface area (Å²) in [6.07, 6.45) is 1.68. The van der Waals surface area contributed by atoms with Gasteiger partial charge in [0.15, 0.2) is 11.6 Å². The summed E-state index contributed by atoms with van der Waals surface area (Å²) >= 11 is 0. The topological polar surface area (TPSA) is 80.5 Å². The van der Waals surface area contributed by atoms with Crippen molar-refractivity contribution in [3.05, 3.63) is 60.3 Å². The lowest BCUT2D eigenvalue weighted by Gasteiger charge is -2.05. The second-order valence-corrected chi connectivity index (χ2v) is 5.46. The van der Waals surface area contributed by atoms with Crippen molar-refractivity contribution in [2.75, 3.05) is 5.73 Å². The average Bonchev–Trinajstić information content (AvgIpc) is 2.99. The molecule has 5 nitrogen and oxygen atoms in total. The van der Waals surface area contributed by atoms with Crippen LogP contribution < -0.4 is 5.73 Å². The minimum Gasteiger partial charge on any atom is -0.382 e. The van der Waals surface area contributed by atoms with Crippen molar-refractivity contribution in [1.82, 2.24) is 19.9 Å². The third kappa shape index (κ3) is 2.42. The van der Waals surface area contributed by atoms with Gasteiger partial charge in [0, 0.05) is 5.56 Å². The number of hydrogen-bond acceptors (Lipinski definition) is 4. The average molecular weight is 301 g/mol. The van der Waals surface area contributed by atoms with Crippen molar-refractivity contribution in [1.29, 1.82) is 0 Å². The summed E-state index contributed by atoms with van der Waals surface area (Å²) in [5.41, 5.74) is 11.4. The normalized spacial score (nSPS) is 11.0. The highest BCUT2D eigenvalue weighted by Crippen LogP contribution is 2.26. The maximum absolute atomic E-state index is 6.02. The van der Waals surface area contributed by atoms with E-state index in [9.17, 15) is 0 Å². The molecule has 4 aromatic rings. The molecule has 0 spiro atoms. The first-order chi connectivity index (χ1) is 11.2. The lowest BCUT2D eigenvalue weighted by molar-refractivity contribution is 1.18. The number of benzene rings is 2. The molecule has 112 valence electrons. The lowest BCUT2D eigenvalue weighted by Crippen LogP contribution is -1.99. The number of aromatic nitrogens is 4. The monoisotopic (exact) mass is 301 g/mol. The summed E-state index contributed by atoms with van der Waals surface area (Å²) in [7, 11) is 0. The van der Waals surface area contributed by atoms with Gasteiger partial charge in [0.1, 0.15) is 5.69 Å². The van der Waals surface area contributed by atoms with Crippen LogP contribution in [0, 0.1) is 6.92 Å². The minimum atomic E-state index is 0.362. The van der Waals surface area contributed by atoms with Crippen LogP contribution >= 0.6 is 0 Å². The van der Waals surface area contributed by atoms with E-state index in [1.165, 1.54) is 5.56 Å². The molecule has 2 aromatic heterocycles. The van der Waals surface area contributed by atoms with Gasteiger partial charge in [-0.3, -0.25) is 0 Å². The molecule has 0 fully saturated rings. The number of fused-ring (bicyclic) bond motifs is 1. The van der Waals surface area contributed by atoms with Crippen LogP contribution in [-0.4, -0.2) is 19.9 Å². The number of nitrogens with one attached hydrogen (secondary N) is 1. The van der Waals surface area contributed by atoms with Gasteiger partial charge in [-0.15, -0.1) is 0 Å². The van der Waals surface area contributed by atoms with Crippen LogP contribution in [0.25, 0.3) is 33.8 Å². The molecule has 5 heteroatoms. The fourth-order valence-electron chi connectivity index (χ4n) is 2.56. The highest BCUT2D eigenvalue weighted by Gasteiger charge is 2.13. The summed E-state index contributed by atoms with van der Waals surface area (Å²) in [5, 5.41) is 0. The van der Waals surface area contributed by atoms with Crippen LogP contribution in [0.2, 0.25) is 0 Å². The zero-order valence-electron chi connectivity index (χ0n) is 12.6. The van der Waals surface area contributed by atoms with E-state index in [0.29, 0.717) is 17.3 Å². The minimum absolute atomic E-state index is 0.362. The van der Waals surface area contributed by atoms with Crippen molar-refractivity contribution in [3.63, 3.8) is 0 Å². The smallest absolute Gasteiger partial charge is 0.161 e. The van der Waals surface area contributed by atoms with Gasteiger partial charge in [-0.05, 0) is 24.6 Å². The van der Waals surface area contributed by atoms with Crippen LogP contribution in [-0.2, 0) is 0 Å². The third-order valence-corrected chi connectivity index (χ3v) is 3.73. The van der Waals surface area contributed by atoms with E-state index >= 15 is 0 Å². The van der Waals surface area contributed by atoms with Crippen molar-refractivity contribution < 1.29 is 0 Å². The van der Waals surface area contributed by atoms with Gasteiger partial charge in [-0.1, -0.05) is 36.4 Å². The highest BCUT2D eigenvalue weighted by atomic mass is 15.0. The number of rotatable bonds is 2. The molecule has 4 rings (SSSR count). The van der Waals surface area contributed by atoms with Crippen molar-refractivity contribution in [2.24, 2.45) is 0 Å². The Morgan fingerprint density at radius 3 is 2.65 bits per heavy atom. The van der Waals surface area contributed by atoms with Crippen LogP contribution in [0.1, 0.15) is 5.56 Å². The summed E-state index contributed by atoms with van der Waals surface area (Å²) in [6, 6.07) is 16.0. The number of hydrogen-bond donors (Lipinski definition) is 2. The summed E-state index contributed by atoms with van der Waals surface area (Å²) in [5.74, 6) is 0.994. The Morgan fingerprint density at radius 2 is 1.83 bits per heavy atom. The molecule has 23 heavy (non-hydrogen) atoms. The van der Waals surface area contributed by atoms with E-state index in [4.69, 9.17) is 5.73 Å². The largest absolute Gasteiger partial charge is 0.382 e. The molecule has 3 N–H and O–H groups in total. The molecule has 0 amide bonds. The standard InChI is InChI=1S/C18H15N5/c1-11-7-8-13-14(9-11)23-18(22-13)16-17(19)20-10-15(21-16)12-5-3-2-4-6-12/h2-10H,1H3,(H2,19,20)(H,22,23). The number of nitrogens with zero attached hydrogens (tertiary/aromatic N) is 3. The molecule has 0 aliphatic rings. The molecule has 2 heterocycles. The van der Waals surface area contributed by atoms with Gasteiger partial charge in [-0.25, -0.2) is 15.0 Å². The number of H-pyrrole nitrogens is 1. The molecule has 0 aliphatic carbocycles. The van der Waals surface area contributed by atoms with Gasteiger partial charge >= 0.3 is 0 Å². The van der Waals surface area contributed by atoms with Crippen LogP contribution in [0.5, 0.6) is 0 Å². The molecular formula is C18H15N5. The van der Waals surface area contributed by atoms with Gasteiger partial charge < -0.3 is 10.7 Å². The lowest BCUT2D eigenvalue weighted by atomic mass is 10.1. The summed E-state index contributed by atoms with van der Waals surface area (Å²) < 4.78 is 0. The van der Waals surface area contributed by atoms with Gasteiger partial charge in [0.05, 0.1) is 22.9 Å². The zero-order chi connectivity index (χ0) is 15.8. The third-order valence-electron chi connectivity index (χ3n) is 3.73. The Balaban J connectivity index is 1.86. The highest BCUT2D eigenvalue weighted by molar-refractivity contribution is 5.81. The van der Waals surface area contributed by atoms with Crippen molar-refractivity contribution in [3.8, 4) is 22.8 Å². The SMILES string of the molecule is Cc1ccc2nc(-c3nc(-c4ccccc4)cnc3N)[nH]c2c1. The molecule has 0 bridgehead atoms. The Labute approximate surface area is 133 Å². The number of anilines is 1. The molecule has 0 saturated carbocycles. The second-order valence-electron chi connectivity index (χ2n) is 5.46. The maximum atomic E-state index is 6.02. The molecule has 0 radical (unpaired) electrons. The zero-order valence-corrected chi connectivity index (χ0v) is 12.6. The first-order valence-electron chi connectivity index (χ1n) is 7.35. The first kappa shape index (κ1) is 13.5. The molecule has 0 saturated heterocycles. The number of aromatic amines is 1. The summed E-state index contributed by atoms with van der Waals surface area (Å²) in [4.78, 5) is 16.8. The van der Waals surface area contributed by atoms with Crippen LogP contribution in [0.15, 0.2) is 54.7 Å². The first-order valence-corrected chi connectivity index (χ1v) is 7.35. The van der Waals surface area contributed by atoms with Gasteiger partial charge in [0.25, 0.3) is 0 Å². The Morgan fingerprint density at radius 1 is 1.00 bits per heavy atom. The van der Waals surface area contributed by atoms with Gasteiger partial charge in [-0.2, -0.15) is 0 Å². The second kappa shape index (κ2) is 5.21. The quantitative estimate of drug-likeness (QED) is 0.593. The van der Waals surface area contributed by atoms with Crippen LogP contribution in [0.3, 0.4) is 0 Å². The number of aryl methyl sites for hydroxylation is 1. The Hall–Kier alpha value is -3.21. The van der Waals surface area contributed by atoms with Crippen LogP contribution in [0.4, 0.5) is 5.82 Å². The Kier molecular flexibility index (Phi) is 3.05. The predicted molar refractivity (Wildman–Crippen MR) is 91.7 cm³/mol. The van der Waals surface area contributed by atoms with Crippen molar-refractivity contribution >= 4 is 16.9 Å². The maximum Gasteiger partial charge on any atom is 0.161 e. The van der Waals surface area contributed by atoms with E-state index in [1.807, 2.05) is 49.4 Å².